The summed E-state index contributed by atoms with van der Waals surface area (Å²) in [4.78, 5) is 12.1. The number of Topliss-reactive ketones (excluding diaryl/α,β-unsaturated/α-hetero) is 1. The van der Waals surface area contributed by atoms with Crippen LogP contribution in [0.2, 0.25) is 0 Å². The summed E-state index contributed by atoms with van der Waals surface area (Å²) in [7, 11) is -3.54. The van der Waals surface area contributed by atoms with Crippen molar-refractivity contribution in [1.82, 2.24) is 4.72 Å². The number of carbonyl (C=O) groups is 1. The van der Waals surface area contributed by atoms with Crippen LogP contribution in [0.5, 0.6) is 0 Å². The van der Waals surface area contributed by atoms with Gasteiger partial charge in [-0.05, 0) is 24.5 Å². The van der Waals surface area contributed by atoms with Gasteiger partial charge in [0.15, 0.2) is 5.78 Å². The second kappa shape index (κ2) is 6.99. The van der Waals surface area contributed by atoms with Crippen molar-refractivity contribution in [3.8, 4) is 0 Å². The van der Waals surface area contributed by atoms with Gasteiger partial charge < -0.3 is 0 Å². The first kappa shape index (κ1) is 16.9. The van der Waals surface area contributed by atoms with Crippen LogP contribution in [-0.4, -0.2) is 20.7 Å². The van der Waals surface area contributed by atoms with Gasteiger partial charge in [-0.1, -0.05) is 39.8 Å². The lowest BCUT2D eigenvalue weighted by molar-refractivity contribution is 0.0939. The number of benzene rings is 1. The number of nitrogens with one attached hydrogen (secondary N) is 1. The zero-order valence-corrected chi connectivity index (χ0v) is 13.3. The maximum atomic E-state index is 12.1. The zero-order valence-electron chi connectivity index (χ0n) is 12.5. The van der Waals surface area contributed by atoms with Crippen molar-refractivity contribution in [3.05, 3.63) is 29.8 Å². The minimum Gasteiger partial charge on any atom is -0.294 e. The Kier molecular flexibility index (Phi) is 5.89. The molecule has 0 aromatic heterocycles. The van der Waals surface area contributed by atoms with E-state index in [0.717, 1.165) is 6.42 Å². The highest BCUT2D eigenvalue weighted by atomic mass is 32.2. The highest BCUT2D eigenvalue weighted by molar-refractivity contribution is 7.89. The fourth-order valence-electron chi connectivity index (χ4n) is 1.72. The molecule has 1 rings (SSSR count). The van der Waals surface area contributed by atoms with Crippen LogP contribution in [0.3, 0.4) is 0 Å². The van der Waals surface area contributed by atoms with Crippen molar-refractivity contribution in [1.29, 1.82) is 0 Å². The van der Waals surface area contributed by atoms with Crippen molar-refractivity contribution >= 4 is 15.8 Å². The molecule has 1 aromatic carbocycles. The predicted octanol–water partition coefficient (Wildman–Crippen LogP) is 2.85. The summed E-state index contributed by atoms with van der Waals surface area (Å²) in [5.74, 6) is 0.234. The van der Waals surface area contributed by atoms with E-state index in [2.05, 4.69) is 4.72 Å². The van der Waals surface area contributed by atoms with Crippen molar-refractivity contribution in [2.45, 2.75) is 39.0 Å². The standard InChI is InChI=1S/C15H23NO3S/c1-11(2)8-9-16-20(18,19)14-7-5-6-13(10-14)15(17)12(3)4/h5-7,10-12,16H,8-9H2,1-4H3. The van der Waals surface area contributed by atoms with Crippen molar-refractivity contribution in [2.24, 2.45) is 11.8 Å². The third-order valence-corrected chi connectivity index (χ3v) is 4.43. The van der Waals surface area contributed by atoms with Crippen LogP contribution in [-0.2, 0) is 10.0 Å². The van der Waals surface area contributed by atoms with Gasteiger partial charge in [-0.2, -0.15) is 0 Å². The van der Waals surface area contributed by atoms with E-state index in [1.54, 1.807) is 26.0 Å². The molecule has 0 fully saturated rings. The smallest absolute Gasteiger partial charge is 0.240 e. The zero-order chi connectivity index (χ0) is 15.3. The van der Waals surface area contributed by atoms with Crippen LogP contribution in [0.25, 0.3) is 0 Å². The quantitative estimate of drug-likeness (QED) is 0.787. The first-order chi connectivity index (χ1) is 9.24. The maximum absolute atomic E-state index is 12.1. The minimum absolute atomic E-state index is 0.0516. The Morgan fingerprint density at radius 1 is 1.20 bits per heavy atom. The lowest BCUT2D eigenvalue weighted by Gasteiger charge is -2.10. The highest BCUT2D eigenvalue weighted by Crippen LogP contribution is 2.15. The number of hydrogen-bond donors (Lipinski definition) is 1. The molecule has 0 atom stereocenters. The van der Waals surface area contributed by atoms with E-state index in [0.29, 0.717) is 18.0 Å². The van der Waals surface area contributed by atoms with Crippen molar-refractivity contribution in [3.63, 3.8) is 0 Å². The molecule has 0 aliphatic heterocycles. The molecule has 4 nitrogen and oxygen atoms in total. The molecular weight excluding hydrogens is 274 g/mol. The first-order valence-corrected chi connectivity index (χ1v) is 8.36. The predicted molar refractivity (Wildman–Crippen MR) is 80.3 cm³/mol. The average molecular weight is 297 g/mol. The van der Waals surface area contributed by atoms with Gasteiger partial charge in [0.25, 0.3) is 0 Å². The van der Waals surface area contributed by atoms with Crippen LogP contribution in [0.15, 0.2) is 29.2 Å². The summed E-state index contributed by atoms with van der Waals surface area (Å²) in [5.41, 5.74) is 0.437. The second-order valence-electron chi connectivity index (χ2n) is 5.63. The topological polar surface area (TPSA) is 63.2 Å². The Balaban J connectivity index is 2.90. The molecular formula is C15H23NO3S. The SMILES string of the molecule is CC(C)CCNS(=O)(=O)c1cccc(C(=O)C(C)C)c1. The number of sulfonamides is 1. The highest BCUT2D eigenvalue weighted by Gasteiger charge is 2.17. The maximum Gasteiger partial charge on any atom is 0.240 e. The van der Waals surface area contributed by atoms with Crippen molar-refractivity contribution < 1.29 is 13.2 Å². The molecule has 0 saturated carbocycles. The van der Waals surface area contributed by atoms with E-state index in [4.69, 9.17) is 0 Å². The lowest BCUT2D eigenvalue weighted by atomic mass is 10.0. The molecule has 0 amide bonds. The molecule has 0 aliphatic carbocycles. The van der Waals surface area contributed by atoms with Gasteiger partial charge in [0.05, 0.1) is 4.90 Å². The van der Waals surface area contributed by atoms with Gasteiger partial charge in [-0.25, -0.2) is 13.1 Å². The Labute approximate surface area is 121 Å². The molecule has 1 N–H and O–H groups in total. The van der Waals surface area contributed by atoms with Crippen LogP contribution >= 0.6 is 0 Å². The van der Waals surface area contributed by atoms with Crippen LogP contribution < -0.4 is 4.72 Å². The number of carbonyl (C=O) groups excluding carboxylic acids is 1. The molecule has 0 heterocycles. The van der Waals surface area contributed by atoms with E-state index in [-0.39, 0.29) is 16.6 Å². The molecule has 0 bridgehead atoms. The van der Waals surface area contributed by atoms with Gasteiger partial charge in [0, 0.05) is 18.0 Å². The first-order valence-electron chi connectivity index (χ1n) is 6.88. The van der Waals surface area contributed by atoms with Gasteiger partial charge >= 0.3 is 0 Å². The summed E-state index contributed by atoms with van der Waals surface area (Å²) in [6.45, 7) is 8.07. The second-order valence-corrected chi connectivity index (χ2v) is 7.39. The molecule has 0 aliphatic rings. The van der Waals surface area contributed by atoms with E-state index >= 15 is 0 Å². The average Bonchev–Trinajstić information content (AvgIpc) is 2.37. The molecule has 112 valence electrons. The summed E-state index contributed by atoms with van der Waals surface area (Å²) < 4.78 is 26.8. The van der Waals surface area contributed by atoms with Gasteiger partial charge in [-0.3, -0.25) is 4.79 Å². The third-order valence-electron chi connectivity index (χ3n) is 2.97. The van der Waals surface area contributed by atoms with Gasteiger partial charge in [0.1, 0.15) is 0 Å². The number of hydrogen-bond acceptors (Lipinski definition) is 3. The third kappa shape index (κ3) is 4.72. The van der Waals surface area contributed by atoms with Crippen LogP contribution in [0, 0.1) is 11.8 Å². The summed E-state index contributed by atoms with van der Waals surface area (Å²) in [6, 6.07) is 6.21. The Hall–Kier alpha value is -1.20. The molecule has 5 heteroatoms. The Morgan fingerprint density at radius 3 is 2.40 bits per heavy atom. The van der Waals surface area contributed by atoms with Gasteiger partial charge in [0.2, 0.25) is 10.0 Å². The summed E-state index contributed by atoms with van der Waals surface area (Å²) in [5, 5.41) is 0. The summed E-state index contributed by atoms with van der Waals surface area (Å²) >= 11 is 0. The van der Waals surface area contributed by atoms with Crippen LogP contribution in [0.4, 0.5) is 0 Å². The molecule has 1 aromatic rings. The van der Waals surface area contributed by atoms with Crippen molar-refractivity contribution in [2.75, 3.05) is 6.54 Å². The fraction of sp³-hybridized carbons (Fsp3) is 0.533. The molecule has 0 spiro atoms. The Bertz CT molecular complexity index is 562. The fourth-order valence-corrected chi connectivity index (χ4v) is 2.81. The van der Waals surface area contributed by atoms with E-state index in [9.17, 15) is 13.2 Å². The molecule has 20 heavy (non-hydrogen) atoms. The largest absolute Gasteiger partial charge is 0.294 e. The van der Waals surface area contributed by atoms with E-state index in [1.165, 1.54) is 12.1 Å². The van der Waals surface area contributed by atoms with Crippen LogP contribution in [0.1, 0.15) is 44.5 Å². The lowest BCUT2D eigenvalue weighted by Crippen LogP contribution is -2.26. The molecule has 0 radical (unpaired) electrons. The minimum atomic E-state index is -3.54. The number of ketones is 1. The van der Waals surface area contributed by atoms with E-state index in [1.807, 2.05) is 13.8 Å². The summed E-state index contributed by atoms with van der Waals surface area (Å²) in [6.07, 6.45) is 0.782. The van der Waals surface area contributed by atoms with E-state index < -0.39 is 10.0 Å². The Morgan fingerprint density at radius 2 is 1.85 bits per heavy atom. The number of rotatable bonds is 7. The normalized spacial score (nSPS) is 12.1. The monoisotopic (exact) mass is 297 g/mol. The van der Waals surface area contributed by atoms with Gasteiger partial charge in [-0.15, -0.1) is 0 Å². The molecule has 0 unspecified atom stereocenters. The molecule has 0 saturated heterocycles.